The van der Waals surface area contributed by atoms with Crippen molar-refractivity contribution in [2.75, 3.05) is 7.11 Å². The number of carboxylic acid groups (broad SMARTS) is 1. The summed E-state index contributed by atoms with van der Waals surface area (Å²) in [5, 5.41) is 22.3. The van der Waals surface area contributed by atoms with Crippen molar-refractivity contribution in [2.24, 2.45) is 0 Å². The van der Waals surface area contributed by atoms with Crippen LogP contribution in [0.4, 0.5) is 0 Å². The summed E-state index contributed by atoms with van der Waals surface area (Å²) in [4.78, 5) is 41.8. The number of rotatable bonds is 8. The van der Waals surface area contributed by atoms with Crippen molar-refractivity contribution in [1.82, 2.24) is 10.3 Å². The van der Waals surface area contributed by atoms with Gasteiger partial charge in [-0.3, -0.25) is 4.79 Å². The third-order valence-corrected chi connectivity index (χ3v) is 5.73. The first-order chi connectivity index (χ1) is 17.8. The highest BCUT2D eigenvalue weighted by Gasteiger charge is 2.24. The van der Waals surface area contributed by atoms with E-state index in [1.54, 1.807) is 30.3 Å². The largest absolute Gasteiger partial charge is 0.508 e. The molecule has 186 valence electrons. The fourth-order valence-corrected chi connectivity index (χ4v) is 3.83. The highest BCUT2D eigenvalue weighted by atomic mass is 16.5. The highest BCUT2D eigenvalue weighted by Crippen LogP contribution is 2.22. The van der Waals surface area contributed by atoms with Gasteiger partial charge in [-0.1, -0.05) is 60.7 Å². The molecule has 4 rings (SSSR count). The number of nitrogens with one attached hydrogen (secondary N) is 1. The maximum absolute atomic E-state index is 13.0. The maximum atomic E-state index is 13.0. The first-order valence-corrected chi connectivity index (χ1v) is 11.4. The molecular weight excluding hydrogens is 472 g/mol. The van der Waals surface area contributed by atoms with E-state index in [4.69, 9.17) is 4.74 Å². The lowest BCUT2D eigenvalue weighted by Gasteiger charge is -2.17. The number of methoxy groups -OCH3 is 1. The molecule has 4 aromatic rings. The zero-order valence-electron chi connectivity index (χ0n) is 19.9. The number of aromatic hydroxyl groups is 1. The Balaban J connectivity index is 1.62. The summed E-state index contributed by atoms with van der Waals surface area (Å²) in [6.07, 6.45) is 3.89. The molecule has 1 aromatic heterocycles. The van der Waals surface area contributed by atoms with Gasteiger partial charge in [0.1, 0.15) is 17.5 Å². The van der Waals surface area contributed by atoms with Crippen LogP contribution in [0, 0.1) is 0 Å². The second-order valence-corrected chi connectivity index (χ2v) is 8.30. The van der Waals surface area contributed by atoms with E-state index < -0.39 is 23.9 Å². The number of carbonyl (C=O) groups is 3. The topological polar surface area (TPSA) is 126 Å². The average molecular weight is 497 g/mol. The molecule has 0 radical (unpaired) electrons. The molecule has 8 nitrogen and oxygen atoms in total. The van der Waals surface area contributed by atoms with Gasteiger partial charge in [-0.2, -0.15) is 0 Å². The van der Waals surface area contributed by atoms with Crippen molar-refractivity contribution in [1.29, 1.82) is 0 Å². The average Bonchev–Trinajstić information content (AvgIpc) is 2.91. The van der Waals surface area contributed by atoms with Crippen LogP contribution in [0.15, 0.2) is 78.9 Å². The number of carbonyl (C=O) groups excluding carboxylic acids is 2. The molecule has 1 atom stereocenters. The van der Waals surface area contributed by atoms with E-state index in [9.17, 15) is 24.6 Å². The molecule has 0 spiro atoms. The van der Waals surface area contributed by atoms with Crippen LogP contribution >= 0.6 is 0 Å². The van der Waals surface area contributed by atoms with Crippen molar-refractivity contribution >= 4 is 40.9 Å². The number of pyridine rings is 1. The lowest BCUT2D eigenvalue weighted by molar-refractivity contribution is -0.142. The Hall–Kier alpha value is -4.98. The Bertz CT molecular complexity index is 1480. The smallest absolute Gasteiger partial charge is 0.336 e. The molecule has 0 aliphatic heterocycles. The number of nitrogens with zero attached hydrogens (tertiary/aromatic N) is 1. The number of hydrogen-bond acceptors (Lipinski definition) is 6. The normalized spacial score (nSPS) is 11.8. The molecule has 0 aliphatic rings. The number of aromatic nitrogens is 1. The van der Waals surface area contributed by atoms with Gasteiger partial charge in [-0.15, -0.1) is 0 Å². The van der Waals surface area contributed by atoms with E-state index in [2.05, 4.69) is 10.3 Å². The van der Waals surface area contributed by atoms with E-state index in [0.717, 1.165) is 11.1 Å². The van der Waals surface area contributed by atoms with Gasteiger partial charge in [0.2, 0.25) is 0 Å². The second kappa shape index (κ2) is 11.2. The first-order valence-electron chi connectivity index (χ1n) is 11.4. The zero-order valence-corrected chi connectivity index (χ0v) is 19.9. The van der Waals surface area contributed by atoms with Gasteiger partial charge in [-0.25, -0.2) is 14.6 Å². The lowest BCUT2D eigenvalue weighted by atomic mass is 10.0. The quantitative estimate of drug-likeness (QED) is 0.245. The van der Waals surface area contributed by atoms with Gasteiger partial charge >= 0.3 is 11.9 Å². The Labute approximate surface area is 212 Å². The number of benzene rings is 3. The van der Waals surface area contributed by atoms with E-state index in [-0.39, 0.29) is 23.4 Å². The molecule has 1 amide bonds. The third kappa shape index (κ3) is 6.18. The minimum atomic E-state index is -1.21. The number of esters is 1. The van der Waals surface area contributed by atoms with E-state index in [0.29, 0.717) is 16.5 Å². The summed E-state index contributed by atoms with van der Waals surface area (Å²) in [7, 11) is 1.21. The third-order valence-electron chi connectivity index (χ3n) is 5.73. The Morgan fingerprint density at radius 2 is 1.65 bits per heavy atom. The number of carboxylic acids is 1. The van der Waals surface area contributed by atoms with Crippen LogP contribution in [0.3, 0.4) is 0 Å². The molecule has 0 saturated carbocycles. The number of aromatic carboxylic acids is 1. The number of phenols is 1. The molecule has 1 heterocycles. The predicted octanol–water partition coefficient (Wildman–Crippen LogP) is 4.32. The fourth-order valence-electron chi connectivity index (χ4n) is 3.83. The van der Waals surface area contributed by atoms with Crippen molar-refractivity contribution in [3.8, 4) is 5.75 Å². The fraction of sp³-hybridized carbons (Fsp3) is 0.103. The van der Waals surface area contributed by atoms with Crippen LogP contribution in [0.2, 0.25) is 0 Å². The molecule has 0 fully saturated rings. The standard InChI is InChI=1S/C29H24N2O6/c1-37-29(36)26(16-20-9-12-21(32)13-10-20)31-27(33)25-17-23(28(34)35)22-15-19(11-14-24(22)30-25)8-7-18-5-3-2-4-6-18/h2-15,17,26,32H,16H2,1H3,(H,31,33)(H,34,35)/b8-7+/t26-/m0/s1. The van der Waals surface area contributed by atoms with E-state index in [1.165, 1.54) is 25.3 Å². The minimum Gasteiger partial charge on any atom is -0.508 e. The van der Waals surface area contributed by atoms with Crippen LogP contribution in [-0.4, -0.2) is 46.2 Å². The minimum absolute atomic E-state index is 0.0719. The van der Waals surface area contributed by atoms with Gasteiger partial charge in [0, 0.05) is 11.8 Å². The molecule has 0 aliphatic carbocycles. The first kappa shape index (κ1) is 25.1. The van der Waals surface area contributed by atoms with Crippen LogP contribution in [0.25, 0.3) is 23.1 Å². The monoisotopic (exact) mass is 496 g/mol. The van der Waals surface area contributed by atoms with Gasteiger partial charge < -0.3 is 20.3 Å². The summed E-state index contributed by atoms with van der Waals surface area (Å²) in [5.74, 6) is -2.52. The molecule has 3 aromatic carbocycles. The number of amides is 1. The highest BCUT2D eigenvalue weighted by molar-refractivity contribution is 6.06. The van der Waals surface area contributed by atoms with Crippen LogP contribution in [0.1, 0.15) is 37.5 Å². The SMILES string of the molecule is COC(=O)[C@H](Cc1ccc(O)cc1)NC(=O)c1cc(C(=O)O)c2cc(/C=C/c3ccccc3)ccc2n1. The summed E-state index contributed by atoms with van der Waals surface area (Å²) >= 11 is 0. The molecule has 8 heteroatoms. The van der Waals surface area contributed by atoms with Gasteiger partial charge in [0.15, 0.2) is 0 Å². The number of ether oxygens (including phenoxy) is 1. The van der Waals surface area contributed by atoms with Crippen molar-refractivity contribution < 1.29 is 29.3 Å². The lowest BCUT2D eigenvalue weighted by Crippen LogP contribution is -2.43. The summed E-state index contributed by atoms with van der Waals surface area (Å²) in [6.45, 7) is 0. The summed E-state index contributed by atoms with van der Waals surface area (Å²) in [5.41, 5.74) is 2.56. The van der Waals surface area contributed by atoms with Gasteiger partial charge in [-0.05, 0) is 47.0 Å². The van der Waals surface area contributed by atoms with Crippen LogP contribution in [-0.2, 0) is 16.0 Å². The summed E-state index contributed by atoms with van der Waals surface area (Å²) in [6, 6.07) is 21.2. The molecule has 0 bridgehead atoms. The molecule has 0 saturated heterocycles. The molecule has 3 N–H and O–H groups in total. The Morgan fingerprint density at radius 3 is 2.32 bits per heavy atom. The Kier molecular flexibility index (Phi) is 7.59. The van der Waals surface area contributed by atoms with Crippen LogP contribution < -0.4 is 5.32 Å². The predicted molar refractivity (Wildman–Crippen MR) is 139 cm³/mol. The summed E-state index contributed by atoms with van der Waals surface area (Å²) < 4.78 is 4.82. The molecule has 0 unspecified atom stereocenters. The van der Waals surface area contributed by atoms with E-state index >= 15 is 0 Å². The Morgan fingerprint density at radius 1 is 0.946 bits per heavy atom. The second-order valence-electron chi connectivity index (χ2n) is 8.30. The number of phenolic OH excluding ortho intramolecular Hbond substituents is 1. The van der Waals surface area contributed by atoms with Crippen LogP contribution in [0.5, 0.6) is 5.75 Å². The zero-order chi connectivity index (χ0) is 26.4. The number of hydrogen-bond donors (Lipinski definition) is 3. The van der Waals surface area contributed by atoms with E-state index in [1.807, 2.05) is 42.5 Å². The van der Waals surface area contributed by atoms with Crippen molar-refractivity contribution in [3.05, 3.63) is 107 Å². The molecule has 37 heavy (non-hydrogen) atoms. The molecular formula is C29H24N2O6. The van der Waals surface area contributed by atoms with Crippen molar-refractivity contribution in [2.45, 2.75) is 12.5 Å². The van der Waals surface area contributed by atoms with Gasteiger partial charge in [0.25, 0.3) is 5.91 Å². The number of fused-ring (bicyclic) bond motifs is 1. The van der Waals surface area contributed by atoms with Gasteiger partial charge in [0.05, 0.1) is 18.2 Å². The maximum Gasteiger partial charge on any atom is 0.336 e. The van der Waals surface area contributed by atoms with Crippen molar-refractivity contribution in [3.63, 3.8) is 0 Å².